The van der Waals surface area contributed by atoms with Crippen molar-refractivity contribution in [1.29, 1.82) is 0 Å². The van der Waals surface area contributed by atoms with Gasteiger partial charge in [0, 0.05) is 47.9 Å². The Bertz CT molecular complexity index is 1400. The minimum atomic E-state index is -4.37. The van der Waals surface area contributed by atoms with Crippen LogP contribution in [-0.4, -0.2) is 54.7 Å². The quantitative estimate of drug-likeness (QED) is 0.319. The van der Waals surface area contributed by atoms with E-state index in [-0.39, 0.29) is 36.5 Å². The lowest BCUT2D eigenvalue weighted by Gasteiger charge is -2.44. The van der Waals surface area contributed by atoms with E-state index < -0.39 is 27.9 Å². The van der Waals surface area contributed by atoms with Gasteiger partial charge in [-0.1, -0.05) is 54.3 Å². The van der Waals surface area contributed by atoms with Gasteiger partial charge in [0.1, 0.15) is 6.04 Å². The zero-order chi connectivity index (χ0) is 28.0. The summed E-state index contributed by atoms with van der Waals surface area (Å²) in [4.78, 5) is 27.8. The molecule has 204 valence electrons. The number of hydrogen-bond donors (Lipinski definition) is 1. The average Bonchev–Trinajstić information content (AvgIpc) is 2.91. The van der Waals surface area contributed by atoms with Crippen LogP contribution in [-0.2, 0) is 19.7 Å². The van der Waals surface area contributed by atoms with Crippen LogP contribution in [0, 0.1) is 0 Å². The van der Waals surface area contributed by atoms with Crippen molar-refractivity contribution in [2.24, 2.45) is 0 Å². The molecule has 0 heterocycles. The molecule has 0 fully saturated rings. The monoisotopic (exact) mass is 548 g/mol. The SMILES string of the molecule is O=C(O)CCCN(CCCS(=O)(=O)[O-])c1ccc(C2=C([O-])C(N(c3ccccc3)c3ccccc3)C2=O)cc1. The molecule has 0 radical (unpaired) electrons. The van der Waals surface area contributed by atoms with Crippen LogP contribution in [0.1, 0.15) is 24.8 Å². The summed E-state index contributed by atoms with van der Waals surface area (Å²) in [6.45, 7) is 0.574. The van der Waals surface area contributed by atoms with Crippen LogP contribution in [0.15, 0.2) is 90.7 Å². The number of aliphatic carboxylic acids is 1. The first-order valence-corrected chi connectivity index (χ1v) is 14.1. The third-order valence-electron chi connectivity index (χ3n) is 6.48. The predicted octanol–water partition coefficient (Wildman–Crippen LogP) is 3.15. The van der Waals surface area contributed by atoms with Gasteiger partial charge in [-0.05, 0) is 54.8 Å². The van der Waals surface area contributed by atoms with E-state index in [4.69, 9.17) is 5.11 Å². The number of hydrogen-bond acceptors (Lipinski definition) is 8. The summed E-state index contributed by atoms with van der Waals surface area (Å²) in [5.41, 5.74) is 2.69. The maximum atomic E-state index is 13.4. The summed E-state index contributed by atoms with van der Waals surface area (Å²) in [7, 11) is -4.37. The first kappa shape index (κ1) is 27.9. The zero-order valence-electron chi connectivity index (χ0n) is 21.1. The number of anilines is 3. The van der Waals surface area contributed by atoms with Crippen LogP contribution < -0.4 is 14.9 Å². The number of nitrogens with zero attached hydrogens (tertiary/aromatic N) is 2. The van der Waals surface area contributed by atoms with Crippen molar-refractivity contribution < 1.29 is 32.8 Å². The Kier molecular flexibility index (Phi) is 8.68. The molecular formula is C29H28N2O7S-2. The third kappa shape index (κ3) is 6.84. The van der Waals surface area contributed by atoms with Gasteiger partial charge in [-0.15, -0.1) is 0 Å². The molecule has 4 rings (SSSR count). The van der Waals surface area contributed by atoms with E-state index >= 15 is 0 Å². The molecular weight excluding hydrogens is 520 g/mol. The smallest absolute Gasteiger partial charge is 0.303 e. The minimum Gasteiger partial charge on any atom is -0.873 e. The second-order valence-corrected chi connectivity index (χ2v) is 10.7. The summed E-state index contributed by atoms with van der Waals surface area (Å²) in [5, 5.41) is 22.3. The van der Waals surface area contributed by atoms with Gasteiger partial charge in [0.05, 0.1) is 10.1 Å². The molecule has 0 spiro atoms. The molecule has 1 aliphatic rings. The molecule has 3 aromatic carbocycles. The van der Waals surface area contributed by atoms with Crippen molar-refractivity contribution in [3.8, 4) is 0 Å². The van der Waals surface area contributed by atoms with Crippen LogP contribution in [0.4, 0.5) is 17.1 Å². The van der Waals surface area contributed by atoms with Crippen molar-refractivity contribution in [1.82, 2.24) is 0 Å². The fourth-order valence-electron chi connectivity index (χ4n) is 4.64. The highest BCUT2D eigenvalue weighted by Crippen LogP contribution is 2.39. The normalized spacial score (nSPS) is 15.1. The largest absolute Gasteiger partial charge is 0.873 e. The van der Waals surface area contributed by atoms with Crippen LogP contribution in [0.3, 0.4) is 0 Å². The molecule has 0 amide bonds. The number of Topliss-reactive ketones (excluding diaryl/α,β-unsaturated/α-hetero) is 1. The van der Waals surface area contributed by atoms with Crippen molar-refractivity contribution >= 4 is 44.5 Å². The highest BCUT2D eigenvalue weighted by atomic mass is 32.2. The van der Waals surface area contributed by atoms with E-state index in [1.807, 2.05) is 60.7 Å². The van der Waals surface area contributed by atoms with Crippen LogP contribution in [0.5, 0.6) is 0 Å². The number of rotatable bonds is 13. The molecule has 0 aliphatic heterocycles. The Labute approximate surface area is 227 Å². The molecule has 3 aromatic rings. The molecule has 0 saturated heterocycles. The molecule has 9 nitrogen and oxygen atoms in total. The van der Waals surface area contributed by atoms with Crippen molar-refractivity contribution in [3.63, 3.8) is 0 Å². The molecule has 1 atom stereocenters. The van der Waals surface area contributed by atoms with Crippen LogP contribution in [0.25, 0.3) is 5.57 Å². The van der Waals surface area contributed by atoms with Gasteiger partial charge in [0.25, 0.3) is 0 Å². The number of ketones is 1. The Hall–Kier alpha value is -4.15. The second-order valence-electron chi connectivity index (χ2n) is 9.19. The van der Waals surface area contributed by atoms with Gasteiger partial charge in [-0.2, -0.15) is 0 Å². The van der Waals surface area contributed by atoms with E-state index in [9.17, 15) is 27.7 Å². The van der Waals surface area contributed by atoms with Crippen molar-refractivity contribution in [2.45, 2.75) is 25.3 Å². The molecule has 10 heteroatoms. The molecule has 1 aliphatic carbocycles. The van der Waals surface area contributed by atoms with Gasteiger partial charge in [0.15, 0.2) is 5.78 Å². The molecule has 39 heavy (non-hydrogen) atoms. The van der Waals surface area contributed by atoms with Gasteiger partial charge in [0.2, 0.25) is 0 Å². The summed E-state index contributed by atoms with van der Waals surface area (Å²) >= 11 is 0. The van der Waals surface area contributed by atoms with Gasteiger partial charge in [-0.25, -0.2) is 8.42 Å². The number of carbonyl (C=O) groups is 2. The Morgan fingerprint density at radius 1 is 0.821 bits per heavy atom. The molecule has 0 aromatic heterocycles. The first-order chi connectivity index (χ1) is 18.7. The van der Waals surface area contributed by atoms with E-state index in [0.717, 1.165) is 11.4 Å². The van der Waals surface area contributed by atoms with Gasteiger partial charge >= 0.3 is 5.97 Å². The molecule has 1 unspecified atom stereocenters. The maximum absolute atomic E-state index is 13.4. The van der Waals surface area contributed by atoms with Gasteiger partial charge < -0.3 is 24.6 Å². The van der Waals surface area contributed by atoms with E-state index in [0.29, 0.717) is 24.2 Å². The van der Waals surface area contributed by atoms with Crippen LogP contribution >= 0.6 is 0 Å². The number of carboxylic acids is 1. The standard InChI is InChI=1S/C29H30N2O7S/c32-25(33)13-7-18-30(19-8-20-39(36,37)38)22-16-14-21(15-17-22)26-28(34)27(29(26)35)31(23-9-3-1-4-10-23)24-11-5-2-6-12-24/h1-6,9-12,14-17,27,34H,7-8,13,18-20H2,(H,32,33)(H,36,37,38)/p-2. The molecule has 0 bridgehead atoms. The molecule has 1 N–H and O–H groups in total. The van der Waals surface area contributed by atoms with E-state index in [1.54, 1.807) is 34.1 Å². The summed E-state index contributed by atoms with van der Waals surface area (Å²) < 4.78 is 33.0. The van der Waals surface area contributed by atoms with Gasteiger partial charge in [-0.3, -0.25) is 9.59 Å². The Balaban J connectivity index is 1.57. The maximum Gasteiger partial charge on any atom is 0.303 e. The van der Waals surface area contributed by atoms with Crippen molar-refractivity contribution in [2.75, 3.05) is 28.6 Å². The number of benzene rings is 3. The number of carboxylic acid groups (broad SMARTS) is 1. The fourth-order valence-corrected chi connectivity index (χ4v) is 5.12. The lowest BCUT2D eigenvalue weighted by Crippen LogP contribution is -2.51. The highest BCUT2D eigenvalue weighted by Gasteiger charge is 2.39. The molecule has 0 saturated carbocycles. The summed E-state index contributed by atoms with van der Waals surface area (Å²) in [6, 6.07) is 24.2. The average molecular weight is 549 g/mol. The van der Waals surface area contributed by atoms with E-state index in [2.05, 4.69) is 0 Å². The first-order valence-electron chi connectivity index (χ1n) is 12.5. The van der Waals surface area contributed by atoms with E-state index in [1.165, 1.54) is 0 Å². The highest BCUT2D eigenvalue weighted by molar-refractivity contribution is 7.85. The topological polar surface area (TPSA) is 141 Å². The second kappa shape index (κ2) is 12.1. The Morgan fingerprint density at radius 2 is 1.36 bits per heavy atom. The lowest BCUT2D eigenvalue weighted by atomic mass is 9.82. The lowest BCUT2D eigenvalue weighted by molar-refractivity contribution is -0.309. The minimum absolute atomic E-state index is 0.0594. The summed E-state index contributed by atoms with van der Waals surface area (Å²) in [5.74, 6) is -2.05. The van der Waals surface area contributed by atoms with Crippen molar-refractivity contribution in [3.05, 3.63) is 96.3 Å². The number of para-hydroxylation sites is 2. The Morgan fingerprint density at radius 3 is 1.85 bits per heavy atom. The van der Waals surface area contributed by atoms with Crippen LogP contribution in [0.2, 0.25) is 0 Å². The third-order valence-corrected chi connectivity index (χ3v) is 7.27. The predicted molar refractivity (Wildman–Crippen MR) is 145 cm³/mol. The fraction of sp³-hybridized carbons (Fsp3) is 0.241. The number of carbonyl (C=O) groups excluding carboxylic acids is 1. The summed E-state index contributed by atoms with van der Waals surface area (Å²) in [6.07, 6.45) is 0.355. The zero-order valence-corrected chi connectivity index (χ0v) is 21.9.